The summed E-state index contributed by atoms with van der Waals surface area (Å²) >= 11 is 0. The van der Waals surface area contributed by atoms with E-state index in [-0.39, 0.29) is 80.0 Å². The molecule has 0 spiro atoms. The fraction of sp³-hybridized carbons (Fsp3) is 0.146. The lowest BCUT2D eigenvalue weighted by atomic mass is 9.77. The van der Waals surface area contributed by atoms with Gasteiger partial charge in [0.25, 0.3) is 5.78 Å². The van der Waals surface area contributed by atoms with Crippen LogP contribution in [0.4, 0.5) is 0 Å². The molecule has 12 rings (SSSR count). The van der Waals surface area contributed by atoms with Crippen molar-refractivity contribution in [2.24, 2.45) is 5.92 Å². The molecular weight excluding hydrogens is 1910 g/mol. The van der Waals surface area contributed by atoms with Gasteiger partial charge in [-0.2, -0.15) is 0 Å². The van der Waals surface area contributed by atoms with Crippen molar-refractivity contribution in [2.75, 3.05) is 0 Å². The second kappa shape index (κ2) is 44.3. The van der Waals surface area contributed by atoms with Gasteiger partial charge in [-0.3, -0.25) is 57.5 Å². The number of ether oxygens (including phenoxy) is 2. The number of rotatable bonds is 19. The van der Waals surface area contributed by atoms with Gasteiger partial charge in [-0.1, -0.05) is 13.5 Å². The van der Waals surface area contributed by atoms with Gasteiger partial charge >= 0.3 is 11.9 Å². The highest BCUT2D eigenvalue weighted by atomic mass is 16.6. The number of allylic oxidation sites excluding steroid dienone is 6. The molecule has 0 radical (unpaired) electrons. The van der Waals surface area contributed by atoms with Crippen LogP contribution in [0, 0.1) is 5.92 Å². The number of hydrogen-bond acceptors (Lipinski definition) is 47. The molecule has 31 N–H and O–H groups in total. The SMILES string of the molecule is C.CC(=O)C1=CC(=O)C(=O)C(O)=C1c1c(C(C)=O)cc(O)c(O)c1O.CC(=O)C1=CC(Cc2c(C(C)=O)cc(O)c(O)c2O)C(O)C(O)=C1c1c(C(C)=O)cc(O)c(O)c1O.CC(=O)c1cc(O)c(O)c(O)c1.CC(=O)c1cc(O)c(O)c(O)c1-c1c(C(C)=O)cc(O)c(O)c1O.CC(=O)c1cc(O)c(O)c(OC(=O)c2cc(O)c(O)c(O)c2)c1.CC(=O)c1cc(O)c(OC(=O)c2cc(O)c(O)c(O)c2)c(O)c1. The lowest BCUT2D eigenvalue weighted by Crippen LogP contribution is -2.30. The van der Waals surface area contributed by atoms with E-state index in [1.165, 1.54) is 26.8 Å². The molecule has 10 aromatic carbocycles. The molecule has 0 saturated heterocycles. The fourth-order valence-electron chi connectivity index (χ4n) is 13.2. The lowest BCUT2D eigenvalue weighted by molar-refractivity contribution is -0.133. The highest BCUT2D eigenvalue weighted by molar-refractivity contribution is 6.51. The second-order valence-corrected chi connectivity index (χ2v) is 30.4. The Morgan fingerprint density at radius 3 is 0.853 bits per heavy atom. The van der Waals surface area contributed by atoms with Gasteiger partial charge in [0.1, 0.15) is 11.9 Å². The summed E-state index contributed by atoms with van der Waals surface area (Å²) in [5, 5.41) is 302. The predicted molar refractivity (Wildman–Crippen MR) is 487 cm³/mol. The van der Waals surface area contributed by atoms with E-state index >= 15 is 0 Å². The number of carbonyl (C=O) groups is 14. The summed E-state index contributed by atoms with van der Waals surface area (Å²) in [5.74, 6) is -37.4. The maximum atomic E-state index is 12.6. The standard InChI is InChI=1S/C25H24O11.C16H14O8.C16H12O8.2C15H12O8.C8H8O4.CH4/c1-8(26)12-6-16(29)22(33)21(32)15(12)5-11-4-13(9(2)27)18(24(35)20(11)31)19-14(10(3)28)7-17(30)23(34)25(19)36;2*1-5(17)7-3-9(19)13(21)15(23)11(7)12-8(6(2)18)4-10(20)14(22)16(12)24;1-6(16)7-2-11(19)14(21)12(5-7)23-15(22)8-3-9(17)13(20)10(18)4-8;1-6(16)7-2-11(19)14(12(20)3-7)23-15(22)8-4-9(17)13(21)10(18)5-8;1-4(9)5-2-6(10)8(12)7(11)3-5;/h4,6-7,11,20,29-36H,5H2,1-3H3;3-4,19-24H,1-2H3;3-4,19,21,23-24H,1-2H3;2*2-5,17-21H,1H3;2-3,10-12H,1H3;1H4. The third-order valence-electron chi connectivity index (χ3n) is 20.4. The summed E-state index contributed by atoms with van der Waals surface area (Å²) in [6.45, 7) is 11.4. The Labute approximate surface area is 800 Å². The first-order valence-electron chi connectivity index (χ1n) is 39.6. The molecule has 0 amide bonds. The normalized spacial score (nSPS) is 12.8. The van der Waals surface area contributed by atoms with Crippen molar-refractivity contribution < 1.29 is 235 Å². The Morgan fingerprint density at radius 1 is 0.266 bits per heavy atom. The minimum atomic E-state index is -1.81. The van der Waals surface area contributed by atoms with Crippen molar-refractivity contribution in [3.05, 3.63) is 198 Å². The molecule has 0 bridgehead atoms. The Hall–Kier alpha value is -19.9. The molecule has 0 aliphatic heterocycles. The van der Waals surface area contributed by atoms with Gasteiger partial charge in [0.2, 0.25) is 46.0 Å². The number of carbonyl (C=O) groups excluding carboxylic acids is 14. The Bertz CT molecular complexity index is 7070. The van der Waals surface area contributed by atoms with Crippen molar-refractivity contribution in [2.45, 2.75) is 89.2 Å². The van der Waals surface area contributed by atoms with E-state index in [9.17, 15) is 210 Å². The van der Waals surface area contributed by atoms with Crippen molar-refractivity contribution >= 4 is 92.5 Å². The molecule has 0 heterocycles. The quantitative estimate of drug-likeness (QED) is 0.00893. The van der Waals surface area contributed by atoms with Crippen LogP contribution < -0.4 is 9.47 Å². The molecule has 47 nitrogen and oxygen atoms in total. The highest BCUT2D eigenvalue weighted by Crippen LogP contribution is 2.55. The largest absolute Gasteiger partial charge is 0.509 e. The molecule has 2 atom stereocenters. The van der Waals surface area contributed by atoms with Gasteiger partial charge < -0.3 is 168 Å². The molecule has 0 saturated carbocycles. The first-order valence-corrected chi connectivity index (χ1v) is 39.6. The van der Waals surface area contributed by atoms with Crippen LogP contribution in [0.25, 0.3) is 22.3 Å². The van der Waals surface area contributed by atoms with Crippen LogP contribution in [0.3, 0.4) is 0 Å². The molecule has 2 aliphatic rings. The number of hydrogen-bond donors (Lipinski definition) is 31. The first kappa shape index (κ1) is 112. The zero-order valence-electron chi connectivity index (χ0n) is 74.6. The minimum Gasteiger partial charge on any atom is -0.509 e. The topological polar surface area (TPSA) is 885 Å². The average Bonchev–Trinajstić information content (AvgIpc) is 0.755. The van der Waals surface area contributed by atoms with Crippen LogP contribution >= 0.6 is 0 Å². The van der Waals surface area contributed by atoms with Crippen LogP contribution in [-0.4, -0.2) is 246 Å². The number of ketones is 12. The van der Waals surface area contributed by atoms with E-state index in [4.69, 9.17) is 24.8 Å². The third kappa shape index (κ3) is 23.8. The Balaban J connectivity index is 0.000000268. The van der Waals surface area contributed by atoms with E-state index in [1.54, 1.807) is 0 Å². The number of esters is 2. The maximum absolute atomic E-state index is 12.6. The van der Waals surface area contributed by atoms with Crippen LogP contribution in [0.15, 0.2) is 126 Å². The van der Waals surface area contributed by atoms with Gasteiger partial charge in [0.05, 0.1) is 11.1 Å². The van der Waals surface area contributed by atoms with Crippen LogP contribution in [0.2, 0.25) is 0 Å². The smallest absolute Gasteiger partial charge is 0.344 e. The van der Waals surface area contributed by atoms with Crippen molar-refractivity contribution in [3.8, 4) is 184 Å². The summed E-state index contributed by atoms with van der Waals surface area (Å²) in [5.41, 5.74) is -5.88. The average molecular weight is 1990 g/mol. The molecule has 752 valence electrons. The maximum Gasteiger partial charge on any atom is 0.344 e. The Kier molecular flexibility index (Phi) is 34.6. The fourth-order valence-corrected chi connectivity index (χ4v) is 13.2. The monoisotopic (exact) mass is 1990 g/mol. The second-order valence-electron chi connectivity index (χ2n) is 30.4. The van der Waals surface area contributed by atoms with Gasteiger partial charge in [-0.25, -0.2) is 9.59 Å². The number of phenolic OH excluding ortho intramolecular Hbond substituents is 28. The summed E-state index contributed by atoms with van der Waals surface area (Å²) in [7, 11) is 0. The Morgan fingerprint density at radius 2 is 0.531 bits per heavy atom. The summed E-state index contributed by atoms with van der Waals surface area (Å²) in [4.78, 5) is 164. The zero-order valence-corrected chi connectivity index (χ0v) is 74.6. The van der Waals surface area contributed by atoms with Gasteiger partial charge in [0.15, 0.2) is 196 Å². The summed E-state index contributed by atoms with van der Waals surface area (Å²) in [6, 6.07) is 13.9. The molecule has 0 fully saturated rings. The van der Waals surface area contributed by atoms with E-state index in [0.29, 0.717) is 6.08 Å². The van der Waals surface area contributed by atoms with Crippen molar-refractivity contribution in [1.82, 2.24) is 0 Å². The molecule has 2 unspecified atom stereocenters. The molecule has 0 aromatic heterocycles. The number of benzene rings is 10. The van der Waals surface area contributed by atoms with Crippen LogP contribution in [0.5, 0.6) is 172 Å². The first-order chi connectivity index (χ1) is 65.8. The number of aliphatic hydroxyl groups excluding tert-OH is 3. The molecule has 47 heteroatoms. The minimum absolute atomic E-state index is 0. The summed E-state index contributed by atoms with van der Waals surface area (Å²) < 4.78 is 9.64. The van der Waals surface area contributed by atoms with Gasteiger partial charge in [-0.15, -0.1) is 0 Å². The zero-order chi connectivity index (χ0) is 108. The molecule has 2 aliphatic carbocycles. The van der Waals surface area contributed by atoms with Crippen LogP contribution in [0.1, 0.15) is 197 Å². The van der Waals surface area contributed by atoms with Gasteiger partial charge in [-0.05, 0) is 167 Å². The van der Waals surface area contributed by atoms with Gasteiger partial charge in [0, 0.05) is 107 Å². The highest BCUT2D eigenvalue weighted by Gasteiger charge is 2.41. The molecular formula is C96H86O47. The number of Topliss-reactive ketones (excluding diaryl/α,β-unsaturated/α-hetero) is 11. The number of phenols is 28. The van der Waals surface area contributed by atoms with Crippen LogP contribution in [-0.2, 0) is 25.6 Å². The number of aromatic hydroxyl groups is 28. The molecule has 10 aromatic rings. The van der Waals surface area contributed by atoms with E-state index in [0.717, 1.165) is 139 Å². The summed E-state index contributed by atoms with van der Waals surface area (Å²) in [6.07, 6.45) is -0.348. The number of aliphatic hydroxyl groups is 3. The van der Waals surface area contributed by atoms with E-state index in [2.05, 4.69) is 0 Å². The van der Waals surface area contributed by atoms with Crippen molar-refractivity contribution in [1.29, 1.82) is 0 Å². The van der Waals surface area contributed by atoms with Crippen molar-refractivity contribution in [3.63, 3.8) is 0 Å². The van der Waals surface area contributed by atoms with E-state index < -0.39 is 317 Å². The lowest BCUT2D eigenvalue weighted by Gasteiger charge is -2.30. The van der Waals surface area contributed by atoms with E-state index in [1.807, 2.05) is 0 Å². The third-order valence-corrected chi connectivity index (χ3v) is 20.4. The molecule has 143 heavy (non-hydrogen) atoms. The predicted octanol–water partition coefficient (Wildman–Crippen LogP) is 10.2.